The van der Waals surface area contributed by atoms with Crippen molar-refractivity contribution in [3.05, 3.63) is 47.9 Å². The lowest BCUT2D eigenvalue weighted by molar-refractivity contribution is 0.0996. The maximum absolute atomic E-state index is 11.9. The third-order valence-electron chi connectivity index (χ3n) is 3.56. The van der Waals surface area contributed by atoms with Gasteiger partial charge in [0.05, 0.1) is 16.5 Å². The van der Waals surface area contributed by atoms with Gasteiger partial charge in [-0.3, -0.25) is 10.1 Å². The molecule has 5 heteroatoms. The van der Waals surface area contributed by atoms with Gasteiger partial charge in [-0.15, -0.1) is 0 Å². The number of rotatable bonds is 4. The molecule has 0 aliphatic rings. The van der Waals surface area contributed by atoms with Crippen LogP contribution in [-0.4, -0.2) is 10.9 Å². The van der Waals surface area contributed by atoms with Crippen molar-refractivity contribution >= 4 is 32.6 Å². The standard InChI is InChI=1S/C16H16N2O2S/c1-3-10(2)11-6-7-12-14(9-11)21-16(17-12)18-15(19)13-5-4-8-20-13/h4-10H,3H2,1-2H3,(H,17,18,19). The molecule has 0 bridgehead atoms. The summed E-state index contributed by atoms with van der Waals surface area (Å²) in [7, 11) is 0. The summed E-state index contributed by atoms with van der Waals surface area (Å²) >= 11 is 1.48. The van der Waals surface area contributed by atoms with Gasteiger partial charge in [-0.1, -0.05) is 31.3 Å². The van der Waals surface area contributed by atoms with Crippen LogP contribution in [0.2, 0.25) is 0 Å². The molecule has 4 nitrogen and oxygen atoms in total. The van der Waals surface area contributed by atoms with Crippen LogP contribution >= 0.6 is 11.3 Å². The number of hydrogen-bond donors (Lipinski definition) is 1. The van der Waals surface area contributed by atoms with E-state index in [4.69, 9.17) is 4.42 Å². The second kappa shape index (κ2) is 5.69. The van der Waals surface area contributed by atoms with E-state index in [2.05, 4.69) is 36.3 Å². The average Bonchev–Trinajstić information content (AvgIpc) is 3.14. The van der Waals surface area contributed by atoms with Gasteiger partial charge in [-0.25, -0.2) is 4.98 Å². The lowest BCUT2D eigenvalue weighted by Crippen LogP contribution is -2.10. The molecule has 0 radical (unpaired) electrons. The molecule has 0 spiro atoms. The molecule has 3 aromatic rings. The minimum absolute atomic E-state index is 0.277. The van der Waals surface area contributed by atoms with Gasteiger partial charge in [0, 0.05) is 0 Å². The SMILES string of the molecule is CCC(C)c1ccc2nc(NC(=O)c3ccco3)sc2c1. The Balaban J connectivity index is 1.85. The highest BCUT2D eigenvalue weighted by Crippen LogP contribution is 2.30. The summed E-state index contributed by atoms with van der Waals surface area (Å²) in [5, 5.41) is 3.36. The molecule has 1 aromatic carbocycles. The minimum atomic E-state index is -0.277. The predicted molar refractivity (Wildman–Crippen MR) is 85.0 cm³/mol. The van der Waals surface area contributed by atoms with E-state index < -0.39 is 0 Å². The van der Waals surface area contributed by atoms with Gasteiger partial charge >= 0.3 is 0 Å². The number of amides is 1. The summed E-state index contributed by atoms with van der Waals surface area (Å²) in [4.78, 5) is 16.4. The Morgan fingerprint density at radius 2 is 2.29 bits per heavy atom. The van der Waals surface area contributed by atoms with Crippen LogP contribution in [0.1, 0.15) is 42.3 Å². The minimum Gasteiger partial charge on any atom is -0.459 e. The van der Waals surface area contributed by atoms with E-state index >= 15 is 0 Å². The zero-order valence-electron chi connectivity index (χ0n) is 11.9. The first-order chi connectivity index (χ1) is 10.2. The number of benzene rings is 1. The van der Waals surface area contributed by atoms with Gasteiger partial charge in [0.2, 0.25) is 0 Å². The zero-order chi connectivity index (χ0) is 14.8. The van der Waals surface area contributed by atoms with Crippen molar-refractivity contribution in [1.29, 1.82) is 0 Å². The molecule has 0 saturated heterocycles. The largest absolute Gasteiger partial charge is 0.459 e. The topological polar surface area (TPSA) is 55.1 Å². The van der Waals surface area contributed by atoms with E-state index in [1.165, 1.54) is 23.2 Å². The van der Waals surface area contributed by atoms with Crippen LogP contribution in [0.3, 0.4) is 0 Å². The maximum Gasteiger partial charge on any atom is 0.293 e. The molecule has 108 valence electrons. The van der Waals surface area contributed by atoms with E-state index in [1.807, 2.05) is 6.07 Å². The normalized spacial score (nSPS) is 12.5. The van der Waals surface area contributed by atoms with Crippen LogP contribution in [0.4, 0.5) is 5.13 Å². The fourth-order valence-corrected chi connectivity index (χ4v) is 3.01. The molecule has 1 unspecified atom stereocenters. The maximum atomic E-state index is 11.9. The number of anilines is 1. The van der Waals surface area contributed by atoms with Crippen LogP contribution < -0.4 is 5.32 Å². The Morgan fingerprint density at radius 1 is 1.43 bits per heavy atom. The number of carbonyl (C=O) groups excluding carboxylic acids is 1. The molecule has 2 aromatic heterocycles. The highest BCUT2D eigenvalue weighted by Gasteiger charge is 2.13. The summed E-state index contributed by atoms with van der Waals surface area (Å²) in [5.41, 5.74) is 2.21. The van der Waals surface area contributed by atoms with Crippen molar-refractivity contribution in [2.45, 2.75) is 26.2 Å². The summed E-state index contributed by atoms with van der Waals surface area (Å²) < 4.78 is 6.16. The Labute approximate surface area is 126 Å². The third-order valence-corrected chi connectivity index (χ3v) is 4.49. The molecule has 0 aliphatic carbocycles. The fourth-order valence-electron chi connectivity index (χ4n) is 2.10. The van der Waals surface area contributed by atoms with Crippen molar-refractivity contribution in [2.24, 2.45) is 0 Å². The van der Waals surface area contributed by atoms with Gasteiger partial charge < -0.3 is 4.42 Å². The van der Waals surface area contributed by atoms with Crippen molar-refractivity contribution in [1.82, 2.24) is 4.98 Å². The Hall–Kier alpha value is -2.14. The first kappa shape index (κ1) is 13.8. The molecule has 0 saturated carbocycles. The molecule has 1 amide bonds. The van der Waals surface area contributed by atoms with Gasteiger partial charge in [0.25, 0.3) is 5.91 Å². The molecule has 0 aliphatic heterocycles. The second-order valence-electron chi connectivity index (χ2n) is 4.99. The van der Waals surface area contributed by atoms with E-state index in [-0.39, 0.29) is 11.7 Å². The summed E-state index contributed by atoms with van der Waals surface area (Å²) in [6.07, 6.45) is 2.58. The van der Waals surface area contributed by atoms with Crippen molar-refractivity contribution in [3.63, 3.8) is 0 Å². The molecule has 0 fully saturated rings. The van der Waals surface area contributed by atoms with E-state index in [0.717, 1.165) is 16.6 Å². The van der Waals surface area contributed by atoms with Gasteiger partial charge in [-0.2, -0.15) is 0 Å². The summed E-state index contributed by atoms with van der Waals surface area (Å²) in [6, 6.07) is 9.59. The second-order valence-corrected chi connectivity index (χ2v) is 6.02. The molecule has 21 heavy (non-hydrogen) atoms. The number of furan rings is 1. The highest BCUT2D eigenvalue weighted by molar-refractivity contribution is 7.22. The number of nitrogens with one attached hydrogen (secondary N) is 1. The van der Waals surface area contributed by atoms with E-state index in [0.29, 0.717) is 11.0 Å². The zero-order valence-corrected chi connectivity index (χ0v) is 12.7. The van der Waals surface area contributed by atoms with Crippen molar-refractivity contribution < 1.29 is 9.21 Å². The number of nitrogens with zero attached hydrogens (tertiary/aromatic N) is 1. The van der Waals surface area contributed by atoms with Crippen LogP contribution in [0.25, 0.3) is 10.2 Å². The molecule has 3 rings (SSSR count). The average molecular weight is 300 g/mol. The number of aromatic nitrogens is 1. The molecular weight excluding hydrogens is 284 g/mol. The highest BCUT2D eigenvalue weighted by atomic mass is 32.1. The van der Waals surface area contributed by atoms with E-state index in [1.54, 1.807) is 12.1 Å². The van der Waals surface area contributed by atoms with Crippen molar-refractivity contribution in [2.75, 3.05) is 5.32 Å². The molecular formula is C16H16N2O2S. The molecule has 2 heterocycles. The first-order valence-electron chi connectivity index (χ1n) is 6.92. The molecule has 1 atom stereocenters. The number of hydrogen-bond acceptors (Lipinski definition) is 4. The Bertz CT molecular complexity index is 762. The van der Waals surface area contributed by atoms with Gasteiger partial charge in [-0.05, 0) is 42.2 Å². The van der Waals surface area contributed by atoms with Gasteiger partial charge in [0.1, 0.15) is 0 Å². The van der Waals surface area contributed by atoms with Crippen LogP contribution in [0.15, 0.2) is 41.0 Å². The number of thiazole rings is 1. The van der Waals surface area contributed by atoms with Crippen LogP contribution in [0.5, 0.6) is 0 Å². The Morgan fingerprint density at radius 3 is 3.00 bits per heavy atom. The van der Waals surface area contributed by atoms with Crippen LogP contribution in [-0.2, 0) is 0 Å². The smallest absolute Gasteiger partial charge is 0.293 e. The first-order valence-corrected chi connectivity index (χ1v) is 7.74. The van der Waals surface area contributed by atoms with Crippen LogP contribution in [0, 0.1) is 0 Å². The predicted octanol–water partition coefficient (Wildman–Crippen LogP) is 4.66. The monoisotopic (exact) mass is 300 g/mol. The summed E-state index contributed by atoms with van der Waals surface area (Å²) in [5.74, 6) is 0.536. The number of fused-ring (bicyclic) bond motifs is 1. The number of carbonyl (C=O) groups is 1. The Kier molecular flexibility index (Phi) is 3.75. The van der Waals surface area contributed by atoms with Gasteiger partial charge in [0.15, 0.2) is 10.9 Å². The quantitative estimate of drug-likeness (QED) is 0.762. The molecule has 1 N–H and O–H groups in total. The fraction of sp³-hybridized carbons (Fsp3) is 0.250. The van der Waals surface area contributed by atoms with Crippen molar-refractivity contribution in [3.8, 4) is 0 Å². The lowest BCUT2D eigenvalue weighted by atomic mass is 9.99. The third kappa shape index (κ3) is 2.83. The van der Waals surface area contributed by atoms with E-state index in [9.17, 15) is 4.79 Å². The lowest BCUT2D eigenvalue weighted by Gasteiger charge is -2.07. The summed E-state index contributed by atoms with van der Waals surface area (Å²) in [6.45, 7) is 4.39.